The number of benzene rings is 2. The topological polar surface area (TPSA) is 40.5 Å². The van der Waals surface area contributed by atoms with Gasteiger partial charge in [-0.2, -0.15) is 0 Å². The second kappa shape index (κ2) is 6.12. The Hall–Kier alpha value is -1.82. The zero-order valence-corrected chi connectivity index (χ0v) is 14.4. The SMILES string of the molecule is CCCN1C(=O)/C(=C\c2ccc(O)c(I)c2)c2ccccc21. The maximum Gasteiger partial charge on any atom is 0.258 e. The van der Waals surface area contributed by atoms with Gasteiger partial charge < -0.3 is 10.0 Å². The first-order chi connectivity index (χ1) is 10.6. The van der Waals surface area contributed by atoms with E-state index in [0.717, 1.165) is 33.4 Å². The van der Waals surface area contributed by atoms with Gasteiger partial charge in [0, 0.05) is 17.7 Å². The third-order valence-corrected chi connectivity index (χ3v) is 4.55. The molecule has 0 aromatic heterocycles. The van der Waals surface area contributed by atoms with Gasteiger partial charge in [0.05, 0.1) is 9.26 Å². The number of hydrogen-bond acceptors (Lipinski definition) is 2. The van der Waals surface area contributed by atoms with E-state index in [9.17, 15) is 9.90 Å². The average molecular weight is 405 g/mol. The van der Waals surface area contributed by atoms with Crippen molar-refractivity contribution in [3.63, 3.8) is 0 Å². The van der Waals surface area contributed by atoms with Crippen LogP contribution >= 0.6 is 22.6 Å². The van der Waals surface area contributed by atoms with Crippen molar-refractivity contribution in [1.82, 2.24) is 0 Å². The molecular formula is C18H16INO2. The minimum absolute atomic E-state index is 0.0473. The molecular weight excluding hydrogens is 389 g/mol. The summed E-state index contributed by atoms with van der Waals surface area (Å²) < 4.78 is 0.774. The summed E-state index contributed by atoms with van der Waals surface area (Å²) in [6.45, 7) is 2.79. The highest BCUT2D eigenvalue weighted by atomic mass is 127. The molecule has 1 aliphatic heterocycles. The van der Waals surface area contributed by atoms with Crippen molar-refractivity contribution in [3.05, 3.63) is 57.2 Å². The molecule has 1 heterocycles. The molecule has 112 valence electrons. The van der Waals surface area contributed by atoms with E-state index in [1.807, 2.05) is 47.4 Å². The van der Waals surface area contributed by atoms with Crippen LogP contribution in [-0.4, -0.2) is 17.6 Å². The van der Waals surface area contributed by atoms with Gasteiger partial charge in [0.25, 0.3) is 5.91 Å². The van der Waals surface area contributed by atoms with Crippen LogP contribution < -0.4 is 4.90 Å². The Balaban J connectivity index is 2.08. The Kier molecular flexibility index (Phi) is 4.20. The number of phenols is 1. The normalized spacial score (nSPS) is 15.5. The number of aromatic hydroxyl groups is 1. The predicted molar refractivity (Wildman–Crippen MR) is 97.8 cm³/mol. The van der Waals surface area contributed by atoms with Crippen LogP contribution in [0.4, 0.5) is 5.69 Å². The minimum Gasteiger partial charge on any atom is -0.507 e. The van der Waals surface area contributed by atoms with Crippen LogP contribution in [0.3, 0.4) is 0 Å². The number of anilines is 1. The van der Waals surface area contributed by atoms with Gasteiger partial charge in [0.15, 0.2) is 0 Å². The summed E-state index contributed by atoms with van der Waals surface area (Å²) in [5.74, 6) is 0.305. The van der Waals surface area contributed by atoms with Crippen molar-refractivity contribution >= 4 is 45.8 Å². The Morgan fingerprint density at radius 1 is 1.23 bits per heavy atom. The van der Waals surface area contributed by atoms with Crippen LogP contribution in [0, 0.1) is 3.57 Å². The maximum atomic E-state index is 12.7. The third kappa shape index (κ3) is 2.63. The number of amides is 1. The number of para-hydroxylation sites is 1. The molecule has 2 aromatic carbocycles. The minimum atomic E-state index is 0.0473. The summed E-state index contributed by atoms with van der Waals surface area (Å²) in [6.07, 6.45) is 2.82. The Bertz CT molecular complexity index is 767. The lowest BCUT2D eigenvalue weighted by Crippen LogP contribution is -2.26. The molecule has 0 saturated carbocycles. The van der Waals surface area contributed by atoms with Crippen molar-refractivity contribution in [1.29, 1.82) is 0 Å². The number of hydrogen-bond donors (Lipinski definition) is 1. The van der Waals surface area contributed by atoms with Crippen LogP contribution in [0.5, 0.6) is 5.75 Å². The summed E-state index contributed by atoms with van der Waals surface area (Å²) in [5, 5.41) is 9.62. The van der Waals surface area contributed by atoms with E-state index in [-0.39, 0.29) is 11.7 Å². The van der Waals surface area contributed by atoms with Crippen molar-refractivity contribution in [2.75, 3.05) is 11.4 Å². The quantitative estimate of drug-likeness (QED) is 0.612. The summed E-state index contributed by atoms with van der Waals surface area (Å²) in [6, 6.07) is 13.2. The highest BCUT2D eigenvalue weighted by Crippen LogP contribution is 2.37. The lowest BCUT2D eigenvalue weighted by molar-refractivity contribution is -0.113. The van der Waals surface area contributed by atoms with Gasteiger partial charge in [-0.1, -0.05) is 31.2 Å². The van der Waals surface area contributed by atoms with Gasteiger partial charge in [-0.05, 0) is 58.9 Å². The predicted octanol–water partition coefficient (Wildman–Crippen LogP) is 4.29. The first kappa shape index (κ1) is 15.1. The average Bonchev–Trinajstić information content (AvgIpc) is 2.77. The van der Waals surface area contributed by atoms with E-state index in [2.05, 4.69) is 29.5 Å². The largest absolute Gasteiger partial charge is 0.507 e. The lowest BCUT2D eigenvalue weighted by Gasteiger charge is -2.15. The molecule has 0 fully saturated rings. The maximum absolute atomic E-state index is 12.7. The second-order valence-corrected chi connectivity index (χ2v) is 6.40. The summed E-state index contributed by atoms with van der Waals surface area (Å²) in [4.78, 5) is 14.6. The van der Waals surface area contributed by atoms with Crippen molar-refractivity contribution in [2.24, 2.45) is 0 Å². The summed E-state index contributed by atoms with van der Waals surface area (Å²) in [5.41, 5.74) is 3.59. The Morgan fingerprint density at radius 3 is 2.73 bits per heavy atom. The molecule has 0 atom stereocenters. The van der Waals surface area contributed by atoms with Crippen LogP contribution in [-0.2, 0) is 4.79 Å². The van der Waals surface area contributed by atoms with E-state index < -0.39 is 0 Å². The van der Waals surface area contributed by atoms with Gasteiger partial charge in [-0.3, -0.25) is 4.79 Å². The first-order valence-electron chi connectivity index (χ1n) is 7.23. The number of carbonyl (C=O) groups is 1. The fourth-order valence-electron chi connectivity index (χ4n) is 2.67. The molecule has 0 unspecified atom stereocenters. The van der Waals surface area contributed by atoms with Crippen LogP contribution in [0.25, 0.3) is 11.6 Å². The molecule has 2 aromatic rings. The molecule has 4 heteroatoms. The number of nitrogens with zero attached hydrogens (tertiary/aromatic N) is 1. The van der Waals surface area contributed by atoms with Crippen molar-refractivity contribution < 1.29 is 9.90 Å². The Morgan fingerprint density at radius 2 is 2.00 bits per heavy atom. The van der Waals surface area contributed by atoms with E-state index in [0.29, 0.717) is 5.57 Å². The lowest BCUT2D eigenvalue weighted by atomic mass is 10.0. The number of fused-ring (bicyclic) bond motifs is 1. The van der Waals surface area contributed by atoms with Crippen molar-refractivity contribution in [2.45, 2.75) is 13.3 Å². The van der Waals surface area contributed by atoms with Crippen LogP contribution in [0.2, 0.25) is 0 Å². The molecule has 1 N–H and O–H groups in total. The first-order valence-corrected chi connectivity index (χ1v) is 8.31. The molecule has 1 amide bonds. The molecule has 0 radical (unpaired) electrons. The molecule has 0 saturated heterocycles. The van der Waals surface area contributed by atoms with Gasteiger partial charge >= 0.3 is 0 Å². The number of halogens is 1. The fourth-order valence-corrected chi connectivity index (χ4v) is 3.21. The molecule has 0 aliphatic carbocycles. The second-order valence-electron chi connectivity index (χ2n) is 5.24. The standard InChI is InChI=1S/C18H16INO2/c1-2-9-20-16-6-4-3-5-13(16)14(18(20)22)10-12-7-8-17(21)15(19)11-12/h3-8,10-11,21H,2,9H2,1H3/b14-10-. The van der Waals surface area contributed by atoms with E-state index in [4.69, 9.17) is 0 Å². The number of carbonyl (C=O) groups excluding carboxylic acids is 1. The monoisotopic (exact) mass is 405 g/mol. The highest BCUT2D eigenvalue weighted by molar-refractivity contribution is 14.1. The smallest absolute Gasteiger partial charge is 0.258 e. The summed E-state index contributed by atoms with van der Waals surface area (Å²) >= 11 is 2.08. The fraction of sp³-hybridized carbons (Fsp3) is 0.167. The van der Waals surface area contributed by atoms with Gasteiger partial charge in [0.1, 0.15) is 5.75 Å². The van der Waals surface area contributed by atoms with Gasteiger partial charge in [-0.25, -0.2) is 0 Å². The van der Waals surface area contributed by atoms with Gasteiger partial charge in [-0.15, -0.1) is 0 Å². The number of rotatable bonds is 3. The van der Waals surface area contributed by atoms with Crippen LogP contribution in [0.15, 0.2) is 42.5 Å². The molecule has 1 aliphatic rings. The third-order valence-electron chi connectivity index (χ3n) is 3.69. The summed E-state index contributed by atoms with van der Waals surface area (Å²) in [7, 11) is 0. The molecule has 22 heavy (non-hydrogen) atoms. The van der Waals surface area contributed by atoms with Gasteiger partial charge in [0.2, 0.25) is 0 Å². The number of phenolic OH excluding ortho intramolecular Hbond substituents is 1. The van der Waals surface area contributed by atoms with E-state index in [1.165, 1.54) is 0 Å². The Labute approximate surface area is 143 Å². The molecule has 0 spiro atoms. The van der Waals surface area contributed by atoms with E-state index in [1.54, 1.807) is 6.07 Å². The zero-order chi connectivity index (χ0) is 15.7. The highest BCUT2D eigenvalue weighted by Gasteiger charge is 2.31. The zero-order valence-electron chi connectivity index (χ0n) is 12.2. The molecule has 0 bridgehead atoms. The van der Waals surface area contributed by atoms with Crippen LogP contribution in [0.1, 0.15) is 24.5 Å². The van der Waals surface area contributed by atoms with E-state index >= 15 is 0 Å². The van der Waals surface area contributed by atoms with Crippen molar-refractivity contribution in [3.8, 4) is 5.75 Å². The molecule has 3 rings (SSSR count). The molecule has 3 nitrogen and oxygen atoms in total.